The van der Waals surface area contributed by atoms with Crippen LogP contribution in [-0.2, 0) is 65.4 Å². The molecule has 0 amide bonds. The highest BCUT2D eigenvalue weighted by Crippen LogP contribution is 2.45. The monoisotopic (exact) mass is 1180 g/mol. The second-order valence-corrected chi connectivity index (χ2v) is 25.7. The molecule has 3 unspecified atom stereocenters. The zero-order chi connectivity index (χ0) is 59.4. The Balaban J connectivity index is 5.23. The number of aliphatic hydroxyl groups is 1. The molecule has 0 heterocycles. The number of ether oxygens (including phenoxy) is 4. The summed E-state index contributed by atoms with van der Waals surface area (Å²) in [5.74, 6) is -0.744. The molecule has 0 aliphatic heterocycles. The highest BCUT2D eigenvalue weighted by molar-refractivity contribution is 7.47. The standard InChI is InChI=1S/C61H118O17P2/c1-7-10-12-14-16-18-19-20-21-22-24-33-39-45-60(65)77-56(50-72-59(64)44-38-32-28-26-30-36-42-54(6)9-3)51-75-79(67,68)73-47-55(62)48-74-80(69,70)76-52-57(49-71-58(63)43-37-31-23-17-15-13-11-8-2)78-61(66)46-40-34-27-25-29-35-41-53(4)5/h53-57,62H,7-52H2,1-6H3,(H,67,68)(H,69,70)/t54?,55-,56-,57-/m1/s1. The minimum absolute atomic E-state index is 0.102. The number of rotatable bonds is 60. The first-order chi connectivity index (χ1) is 38.4. The third kappa shape index (κ3) is 54.0. The number of carbonyl (C=O) groups excluding carboxylic acids is 4. The first-order valence-electron chi connectivity index (χ1n) is 32.0. The molecule has 0 bridgehead atoms. The number of unbranched alkanes of at least 4 members (excludes halogenated alkanes) is 29. The topological polar surface area (TPSA) is 237 Å². The summed E-state index contributed by atoms with van der Waals surface area (Å²) in [6, 6.07) is 0. The second kappa shape index (κ2) is 53.8. The van der Waals surface area contributed by atoms with E-state index in [0.29, 0.717) is 31.6 Å². The van der Waals surface area contributed by atoms with Crippen molar-refractivity contribution in [3.63, 3.8) is 0 Å². The van der Waals surface area contributed by atoms with Crippen LogP contribution in [0.2, 0.25) is 0 Å². The van der Waals surface area contributed by atoms with Crippen molar-refractivity contribution in [3.8, 4) is 0 Å². The van der Waals surface area contributed by atoms with Crippen molar-refractivity contribution < 1.29 is 80.2 Å². The number of aliphatic hydroxyl groups excluding tert-OH is 1. The van der Waals surface area contributed by atoms with E-state index in [1.165, 1.54) is 103 Å². The van der Waals surface area contributed by atoms with Crippen molar-refractivity contribution in [2.24, 2.45) is 11.8 Å². The van der Waals surface area contributed by atoms with Gasteiger partial charge in [0.15, 0.2) is 12.2 Å². The maximum absolute atomic E-state index is 12.9. The van der Waals surface area contributed by atoms with Crippen LogP contribution >= 0.6 is 15.6 Å². The number of phosphoric acid groups is 2. The fourth-order valence-corrected chi connectivity index (χ4v) is 10.5. The second-order valence-electron chi connectivity index (χ2n) is 22.8. The molecule has 0 aromatic carbocycles. The molecule has 17 nitrogen and oxygen atoms in total. The minimum atomic E-state index is -4.94. The molecule has 0 radical (unpaired) electrons. The van der Waals surface area contributed by atoms with E-state index in [-0.39, 0.29) is 25.7 Å². The van der Waals surface area contributed by atoms with Gasteiger partial charge in [0.05, 0.1) is 26.4 Å². The van der Waals surface area contributed by atoms with Crippen LogP contribution in [0, 0.1) is 11.8 Å². The summed E-state index contributed by atoms with van der Waals surface area (Å²) < 4.78 is 67.8. The smallest absolute Gasteiger partial charge is 0.462 e. The van der Waals surface area contributed by atoms with Crippen molar-refractivity contribution in [2.75, 3.05) is 39.6 Å². The molecule has 0 rings (SSSR count). The van der Waals surface area contributed by atoms with E-state index in [0.717, 1.165) is 109 Å². The van der Waals surface area contributed by atoms with Gasteiger partial charge in [-0.2, -0.15) is 0 Å². The van der Waals surface area contributed by atoms with Gasteiger partial charge in [-0.15, -0.1) is 0 Å². The van der Waals surface area contributed by atoms with Gasteiger partial charge in [0, 0.05) is 25.7 Å². The van der Waals surface area contributed by atoms with Crippen LogP contribution in [-0.4, -0.2) is 96.7 Å². The van der Waals surface area contributed by atoms with Gasteiger partial charge in [0.25, 0.3) is 0 Å². The fourth-order valence-electron chi connectivity index (χ4n) is 8.97. The number of hydrogen-bond donors (Lipinski definition) is 3. The molecule has 80 heavy (non-hydrogen) atoms. The lowest BCUT2D eigenvalue weighted by Gasteiger charge is -2.21. The maximum atomic E-state index is 12.9. The largest absolute Gasteiger partial charge is 0.472 e. The van der Waals surface area contributed by atoms with Crippen LogP contribution in [0.4, 0.5) is 0 Å². The van der Waals surface area contributed by atoms with E-state index in [2.05, 4.69) is 41.5 Å². The summed E-state index contributed by atoms with van der Waals surface area (Å²) in [7, 11) is -9.88. The Morgan fingerprint density at radius 1 is 0.362 bits per heavy atom. The summed E-state index contributed by atoms with van der Waals surface area (Å²) in [6.45, 7) is 9.31. The van der Waals surface area contributed by atoms with Gasteiger partial charge >= 0.3 is 39.5 Å². The third-order valence-electron chi connectivity index (χ3n) is 14.3. The lowest BCUT2D eigenvalue weighted by atomic mass is 10.00. The molecule has 0 aliphatic rings. The molecule has 0 aromatic heterocycles. The van der Waals surface area contributed by atoms with Crippen LogP contribution in [0.25, 0.3) is 0 Å². The molecular weight excluding hydrogens is 1070 g/mol. The Bertz CT molecular complexity index is 1580. The van der Waals surface area contributed by atoms with Crippen LogP contribution in [0.15, 0.2) is 0 Å². The van der Waals surface area contributed by atoms with Gasteiger partial charge in [-0.05, 0) is 37.5 Å². The van der Waals surface area contributed by atoms with Crippen LogP contribution in [0.1, 0.15) is 298 Å². The van der Waals surface area contributed by atoms with Gasteiger partial charge in [-0.25, -0.2) is 9.13 Å². The summed E-state index contributed by atoms with van der Waals surface area (Å²) in [6.07, 6.45) is 35.0. The lowest BCUT2D eigenvalue weighted by Crippen LogP contribution is -2.30. The molecule has 3 N–H and O–H groups in total. The van der Waals surface area contributed by atoms with E-state index in [4.69, 9.17) is 37.0 Å². The predicted molar refractivity (Wildman–Crippen MR) is 317 cm³/mol. The molecule has 0 spiro atoms. The SMILES string of the molecule is CCCCCCCCCCCCCCCC(=O)O[C@H](COC(=O)CCCCCCCCC(C)CC)COP(=O)(O)OC[C@@H](O)COP(=O)(O)OC[C@@H](COC(=O)CCCCCCCCCC)OC(=O)CCCCCCCCC(C)C. The van der Waals surface area contributed by atoms with Gasteiger partial charge in [0.2, 0.25) is 0 Å². The Morgan fingerprint density at radius 3 is 0.950 bits per heavy atom. The third-order valence-corrected chi connectivity index (χ3v) is 16.2. The van der Waals surface area contributed by atoms with Crippen LogP contribution in [0.5, 0.6) is 0 Å². The van der Waals surface area contributed by atoms with Crippen LogP contribution in [0.3, 0.4) is 0 Å². The zero-order valence-corrected chi connectivity index (χ0v) is 53.2. The average molecular weight is 1190 g/mol. The van der Waals surface area contributed by atoms with Gasteiger partial charge < -0.3 is 33.8 Å². The molecular formula is C61H118O17P2. The summed E-state index contributed by atoms with van der Waals surface area (Å²) in [5.41, 5.74) is 0. The zero-order valence-electron chi connectivity index (χ0n) is 51.4. The molecule has 0 saturated heterocycles. The average Bonchev–Trinajstić information content (AvgIpc) is 3.42. The van der Waals surface area contributed by atoms with E-state index in [1.54, 1.807) is 0 Å². The first kappa shape index (κ1) is 78.1. The number of phosphoric ester groups is 2. The lowest BCUT2D eigenvalue weighted by molar-refractivity contribution is -0.161. The van der Waals surface area contributed by atoms with Crippen molar-refractivity contribution in [1.82, 2.24) is 0 Å². The Morgan fingerprint density at radius 2 is 0.637 bits per heavy atom. The first-order valence-corrected chi connectivity index (χ1v) is 35.0. The molecule has 0 fully saturated rings. The van der Waals surface area contributed by atoms with Crippen molar-refractivity contribution in [3.05, 3.63) is 0 Å². The molecule has 474 valence electrons. The molecule has 0 saturated carbocycles. The quantitative estimate of drug-likeness (QED) is 0.0222. The van der Waals surface area contributed by atoms with Crippen molar-refractivity contribution >= 4 is 39.5 Å². The van der Waals surface area contributed by atoms with E-state index >= 15 is 0 Å². The Hall–Kier alpha value is -1.94. The van der Waals surface area contributed by atoms with Crippen LogP contribution < -0.4 is 0 Å². The molecule has 0 aliphatic carbocycles. The normalized spacial score (nSPS) is 14.7. The predicted octanol–water partition coefficient (Wildman–Crippen LogP) is 16.5. The van der Waals surface area contributed by atoms with E-state index < -0.39 is 97.5 Å². The van der Waals surface area contributed by atoms with Gasteiger partial charge in [-0.1, -0.05) is 247 Å². The van der Waals surface area contributed by atoms with Crippen molar-refractivity contribution in [2.45, 2.75) is 317 Å². The molecule has 6 atom stereocenters. The number of carbonyl (C=O) groups is 4. The summed E-state index contributed by atoms with van der Waals surface area (Å²) in [5, 5.41) is 10.5. The van der Waals surface area contributed by atoms with E-state index in [1.807, 2.05) is 0 Å². The highest BCUT2D eigenvalue weighted by atomic mass is 31.2. The van der Waals surface area contributed by atoms with E-state index in [9.17, 15) is 43.2 Å². The van der Waals surface area contributed by atoms with Gasteiger partial charge in [-0.3, -0.25) is 37.3 Å². The maximum Gasteiger partial charge on any atom is 0.472 e. The summed E-state index contributed by atoms with van der Waals surface area (Å²) >= 11 is 0. The van der Waals surface area contributed by atoms with Crippen molar-refractivity contribution in [1.29, 1.82) is 0 Å². The number of hydrogen-bond acceptors (Lipinski definition) is 15. The van der Waals surface area contributed by atoms with Gasteiger partial charge in [0.1, 0.15) is 19.3 Å². The molecule has 0 aromatic rings. The summed E-state index contributed by atoms with van der Waals surface area (Å²) in [4.78, 5) is 72.0. The Labute approximate surface area is 486 Å². The Kier molecular flexibility index (Phi) is 52.5. The highest BCUT2D eigenvalue weighted by Gasteiger charge is 2.30. The minimum Gasteiger partial charge on any atom is -0.462 e. The number of esters is 4. The fraction of sp³-hybridized carbons (Fsp3) is 0.934. The molecule has 19 heteroatoms.